The monoisotopic (exact) mass is 375 g/mol. The molecule has 2 N–H and O–H groups in total. The number of hydrogen-bond acceptors (Lipinski definition) is 4. The predicted octanol–water partition coefficient (Wildman–Crippen LogP) is 2.15. The van der Waals surface area contributed by atoms with Gasteiger partial charge in [-0.15, -0.1) is 0 Å². The van der Waals surface area contributed by atoms with Crippen LogP contribution in [-0.4, -0.2) is 38.1 Å². The van der Waals surface area contributed by atoms with E-state index in [0.717, 1.165) is 17.8 Å². The largest absolute Gasteiger partial charge is 0.435 e. The third-order valence-electron chi connectivity index (χ3n) is 4.11. The van der Waals surface area contributed by atoms with Crippen molar-refractivity contribution in [2.75, 3.05) is 24.5 Å². The minimum absolute atomic E-state index is 0.00404. The van der Waals surface area contributed by atoms with Crippen molar-refractivity contribution >= 4 is 17.5 Å². The molecule has 2 amide bonds. The standard InChI is InChI=1S/C19H19F2N3O3/c20-19(21)27-16-3-1-2-14(10-16)18(26)23-11-13-4-6-15(7-5-13)24-9-8-22-17(25)12-24/h1-7,10,19H,8-9,11-12H2,(H,22,25)(H,23,26). The Morgan fingerprint density at radius 1 is 1.22 bits per heavy atom. The van der Waals surface area contributed by atoms with Crippen LogP contribution in [0.2, 0.25) is 0 Å². The Morgan fingerprint density at radius 2 is 2.00 bits per heavy atom. The molecular weight excluding hydrogens is 356 g/mol. The summed E-state index contributed by atoms with van der Waals surface area (Å²) in [5, 5.41) is 5.52. The molecule has 0 saturated carbocycles. The number of nitrogens with zero attached hydrogens (tertiary/aromatic N) is 1. The highest BCUT2D eigenvalue weighted by molar-refractivity contribution is 5.94. The molecule has 8 heteroatoms. The number of rotatable bonds is 6. The van der Waals surface area contributed by atoms with Crippen LogP contribution in [0.4, 0.5) is 14.5 Å². The lowest BCUT2D eigenvalue weighted by atomic mass is 10.1. The summed E-state index contributed by atoms with van der Waals surface area (Å²) in [6, 6.07) is 13.2. The molecule has 2 aromatic rings. The molecule has 3 rings (SSSR count). The van der Waals surface area contributed by atoms with E-state index >= 15 is 0 Å². The fourth-order valence-electron chi connectivity index (χ4n) is 2.78. The average Bonchev–Trinajstić information content (AvgIpc) is 2.66. The lowest BCUT2D eigenvalue weighted by Crippen LogP contribution is -2.47. The molecule has 0 radical (unpaired) electrons. The lowest BCUT2D eigenvalue weighted by Gasteiger charge is -2.28. The first-order chi connectivity index (χ1) is 13.0. The molecule has 0 bridgehead atoms. The first-order valence-electron chi connectivity index (χ1n) is 8.45. The molecule has 6 nitrogen and oxygen atoms in total. The van der Waals surface area contributed by atoms with Crippen molar-refractivity contribution in [3.63, 3.8) is 0 Å². The summed E-state index contributed by atoms with van der Waals surface area (Å²) < 4.78 is 28.8. The first-order valence-corrected chi connectivity index (χ1v) is 8.45. The van der Waals surface area contributed by atoms with Crippen molar-refractivity contribution < 1.29 is 23.1 Å². The summed E-state index contributed by atoms with van der Waals surface area (Å²) in [4.78, 5) is 25.6. The van der Waals surface area contributed by atoms with Crippen molar-refractivity contribution in [2.24, 2.45) is 0 Å². The molecule has 27 heavy (non-hydrogen) atoms. The zero-order chi connectivity index (χ0) is 19.2. The third kappa shape index (κ3) is 5.16. The fourth-order valence-corrected chi connectivity index (χ4v) is 2.78. The van der Waals surface area contributed by atoms with Crippen molar-refractivity contribution in [1.29, 1.82) is 0 Å². The van der Waals surface area contributed by atoms with Gasteiger partial charge in [0.25, 0.3) is 5.91 Å². The fraction of sp³-hybridized carbons (Fsp3) is 0.263. The Labute approximate surface area is 155 Å². The van der Waals surface area contributed by atoms with Crippen LogP contribution in [0.1, 0.15) is 15.9 Å². The normalized spacial score (nSPS) is 14.0. The molecule has 1 fully saturated rings. The Balaban J connectivity index is 1.56. The van der Waals surface area contributed by atoms with Gasteiger partial charge in [0.05, 0.1) is 6.54 Å². The summed E-state index contributed by atoms with van der Waals surface area (Å²) in [5.74, 6) is -0.449. The molecule has 0 aromatic heterocycles. The molecule has 0 atom stereocenters. The molecule has 2 aromatic carbocycles. The number of carbonyl (C=O) groups excluding carboxylic acids is 2. The highest BCUT2D eigenvalue weighted by Crippen LogP contribution is 2.17. The molecule has 1 heterocycles. The number of ether oxygens (including phenoxy) is 1. The van der Waals surface area contributed by atoms with E-state index in [1.54, 1.807) is 0 Å². The van der Waals surface area contributed by atoms with Gasteiger partial charge in [0, 0.05) is 30.9 Å². The predicted molar refractivity (Wildman–Crippen MR) is 95.9 cm³/mol. The quantitative estimate of drug-likeness (QED) is 0.812. The van der Waals surface area contributed by atoms with Gasteiger partial charge in [-0.25, -0.2) is 0 Å². The lowest BCUT2D eigenvalue weighted by molar-refractivity contribution is -0.120. The molecule has 0 spiro atoms. The highest BCUT2D eigenvalue weighted by Gasteiger charge is 2.16. The van der Waals surface area contributed by atoms with E-state index in [-0.39, 0.29) is 23.1 Å². The summed E-state index contributed by atoms with van der Waals surface area (Å²) in [6.07, 6.45) is 0. The van der Waals surface area contributed by atoms with E-state index in [0.29, 0.717) is 19.6 Å². The van der Waals surface area contributed by atoms with Crippen molar-refractivity contribution in [1.82, 2.24) is 10.6 Å². The van der Waals surface area contributed by atoms with Crippen LogP contribution in [0.3, 0.4) is 0 Å². The van der Waals surface area contributed by atoms with Gasteiger partial charge in [-0.05, 0) is 35.9 Å². The Morgan fingerprint density at radius 3 is 2.70 bits per heavy atom. The Bertz CT molecular complexity index is 812. The number of hydrogen-bond donors (Lipinski definition) is 2. The minimum atomic E-state index is -2.94. The average molecular weight is 375 g/mol. The van der Waals surface area contributed by atoms with Crippen LogP contribution in [0, 0.1) is 0 Å². The van der Waals surface area contributed by atoms with Crippen molar-refractivity contribution in [3.8, 4) is 5.75 Å². The van der Waals surface area contributed by atoms with Gasteiger partial charge < -0.3 is 20.3 Å². The molecule has 0 aliphatic carbocycles. The zero-order valence-electron chi connectivity index (χ0n) is 14.5. The molecule has 0 unspecified atom stereocenters. The molecule has 1 saturated heterocycles. The highest BCUT2D eigenvalue weighted by atomic mass is 19.3. The maximum atomic E-state index is 12.3. The van der Waals surface area contributed by atoms with E-state index in [4.69, 9.17) is 0 Å². The van der Waals surface area contributed by atoms with Gasteiger partial charge in [0.1, 0.15) is 5.75 Å². The van der Waals surface area contributed by atoms with E-state index in [1.807, 2.05) is 29.2 Å². The second-order valence-electron chi connectivity index (χ2n) is 6.03. The number of alkyl halides is 2. The maximum absolute atomic E-state index is 12.3. The smallest absolute Gasteiger partial charge is 0.387 e. The van der Waals surface area contributed by atoms with Gasteiger partial charge in [0.2, 0.25) is 5.91 Å². The van der Waals surface area contributed by atoms with E-state index in [2.05, 4.69) is 15.4 Å². The molecular formula is C19H19F2N3O3. The zero-order valence-corrected chi connectivity index (χ0v) is 14.5. The maximum Gasteiger partial charge on any atom is 0.387 e. The van der Waals surface area contributed by atoms with Gasteiger partial charge >= 0.3 is 6.61 Å². The van der Waals surface area contributed by atoms with E-state index in [9.17, 15) is 18.4 Å². The van der Waals surface area contributed by atoms with Crippen LogP contribution in [-0.2, 0) is 11.3 Å². The SMILES string of the molecule is O=C1CN(c2ccc(CNC(=O)c3cccc(OC(F)F)c3)cc2)CCN1. The number of piperazine rings is 1. The van der Waals surface area contributed by atoms with Crippen LogP contribution in [0.5, 0.6) is 5.75 Å². The minimum Gasteiger partial charge on any atom is -0.435 e. The van der Waals surface area contributed by atoms with Gasteiger partial charge in [-0.1, -0.05) is 18.2 Å². The number of halogens is 2. The molecule has 1 aliphatic rings. The summed E-state index contributed by atoms with van der Waals surface area (Å²) in [5.41, 5.74) is 2.06. The van der Waals surface area contributed by atoms with Crippen molar-refractivity contribution in [2.45, 2.75) is 13.2 Å². The van der Waals surface area contributed by atoms with Crippen molar-refractivity contribution in [3.05, 3.63) is 59.7 Å². The third-order valence-corrected chi connectivity index (χ3v) is 4.11. The first kappa shape index (κ1) is 18.6. The van der Waals surface area contributed by atoms with Crippen LogP contribution < -0.4 is 20.3 Å². The van der Waals surface area contributed by atoms with Gasteiger partial charge in [0.15, 0.2) is 0 Å². The number of amides is 2. The number of carbonyl (C=O) groups is 2. The second-order valence-corrected chi connectivity index (χ2v) is 6.03. The number of nitrogens with one attached hydrogen (secondary N) is 2. The van der Waals surface area contributed by atoms with E-state index in [1.165, 1.54) is 24.3 Å². The van der Waals surface area contributed by atoms with Crippen LogP contribution >= 0.6 is 0 Å². The van der Waals surface area contributed by atoms with E-state index < -0.39 is 6.61 Å². The van der Waals surface area contributed by atoms with Crippen LogP contribution in [0.15, 0.2) is 48.5 Å². The summed E-state index contributed by atoms with van der Waals surface area (Å²) >= 11 is 0. The van der Waals surface area contributed by atoms with Crippen LogP contribution in [0.25, 0.3) is 0 Å². The Kier molecular flexibility index (Phi) is 5.85. The summed E-state index contributed by atoms with van der Waals surface area (Å²) in [6.45, 7) is -0.955. The van der Waals surface area contributed by atoms with Gasteiger partial charge in [-0.2, -0.15) is 8.78 Å². The number of anilines is 1. The number of benzene rings is 2. The topological polar surface area (TPSA) is 70.7 Å². The molecule has 1 aliphatic heterocycles. The van der Waals surface area contributed by atoms with Gasteiger partial charge in [-0.3, -0.25) is 9.59 Å². The summed E-state index contributed by atoms with van der Waals surface area (Å²) in [7, 11) is 0. The Hall–Kier alpha value is -3.16. The second kappa shape index (κ2) is 8.48. The molecule has 142 valence electrons.